The van der Waals surface area contributed by atoms with Gasteiger partial charge in [0, 0.05) is 32.4 Å². The molecule has 3 nitrogen and oxygen atoms in total. The quantitative estimate of drug-likeness (QED) is 0.196. The molecule has 3 rings (SSSR count). The normalized spacial score (nSPS) is 11.2. The maximum Gasteiger partial charge on any atom is 0.155 e. The second kappa shape index (κ2) is 11.9. The molecule has 4 heteroatoms. The van der Waals surface area contributed by atoms with Crippen LogP contribution in [-0.2, 0) is 24.9 Å². The number of ketones is 1. The Morgan fingerprint density at radius 3 is 2.19 bits per heavy atom. The van der Waals surface area contributed by atoms with Crippen molar-refractivity contribution >= 4 is 16.6 Å². The number of benzene rings is 2. The minimum Gasteiger partial charge on any atom is -0.512 e. The largest absolute Gasteiger partial charge is 0.512 e. The van der Waals surface area contributed by atoms with E-state index in [2.05, 4.69) is 76.0 Å². The summed E-state index contributed by atoms with van der Waals surface area (Å²) in [6.45, 7) is 14.0. The average molecular weight is 595 g/mol. The van der Waals surface area contributed by atoms with E-state index in [0.29, 0.717) is 11.8 Å². The Morgan fingerprint density at radius 1 is 1.03 bits per heavy atom. The van der Waals surface area contributed by atoms with Crippen molar-refractivity contribution in [2.75, 3.05) is 0 Å². The molecule has 0 amide bonds. The van der Waals surface area contributed by atoms with Crippen molar-refractivity contribution in [2.24, 2.45) is 0 Å². The maximum absolute atomic E-state index is 10.0. The summed E-state index contributed by atoms with van der Waals surface area (Å²) in [5.74, 6) is 0.937. The Kier molecular flexibility index (Phi) is 10.3. The summed E-state index contributed by atoms with van der Waals surface area (Å²) in [5, 5.41) is 10.9. The fourth-order valence-corrected chi connectivity index (χ4v) is 3.37. The third-order valence-corrected chi connectivity index (χ3v) is 4.85. The fourth-order valence-electron chi connectivity index (χ4n) is 3.37. The molecule has 0 saturated heterocycles. The van der Waals surface area contributed by atoms with E-state index in [1.165, 1.54) is 47.4 Å². The summed E-state index contributed by atoms with van der Waals surface area (Å²) >= 11 is 0. The zero-order chi connectivity index (χ0) is 22.4. The fraction of sp³-hybridized carbons (Fsp3) is 0.333. The number of pyridine rings is 1. The van der Waals surface area contributed by atoms with E-state index in [0.717, 1.165) is 11.3 Å². The van der Waals surface area contributed by atoms with Crippen LogP contribution in [0.5, 0.6) is 0 Å². The molecule has 0 bridgehead atoms. The second-order valence-electron chi connectivity index (χ2n) is 8.35. The molecule has 0 spiro atoms. The van der Waals surface area contributed by atoms with Gasteiger partial charge in [-0.15, -0.1) is 35.4 Å². The predicted molar refractivity (Wildman–Crippen MR) is 126 cm³/mol. The minimum atomic E-state index is -0.125. The van der Waals surface area contributed by atoms with E-state index >= 15 is 0 Å². The Morgan fingerprint density at radius 2 is 1.71 bits per heavy atom. The summed E-state index contributed by atoms with van der Waals surface area (Å²) in [5.41, 5.74) is 6.13. The van der Waals surface area contributed by atoms with Crippen molar-refractivity contribution in [3.8, 4) is 11.3 Å². The van der Waals surface area contributed by atoms with Crippen molar-refractivity contribution in [3.63, 3.8) is 0 Å². The smallest absolute Gasteiger partial charge is 0.155 e. The van der Waals surface area contributed by atoms with Crippen LogP contribution in [0.1, 0.15) is 70.1 Å². The third-order valence-electron chi connectivity index (χ3n) is 4.85. The molecular weight excluding hydrogens is 563 g/mol. The minimum absolute atomic E-state index is 0. The van der Waals surface area contributed by atoms with Gasteiger partial charge in [0.05, 0.1) is 5.76 Å². The number of hydrogen-bond acceptors (Lipinski definition) is 3. The van der Waals surface area contributed by atoms with Crippen molar-refractivity contribution in [3.05, 3.63) is 77.2 Å². The van der Waals surface area contributed by atoms with Gasteiger partial charge in [-0.3, -0.25) is 4.79 Å². The molecule has 0 unspecified atom stereocenters. The molecule has 0 aliphatic rings. The van der Waals surface area contributed by atoms with Gasteiger partial charge in [-0.1, -0.05) is 46.8 Å². The van der Waals surface area contributed by atoms with Crippen LogP contribution in [0.4, 0.5) is 0 Å². The Bertz CT molecular complexity index is 1060. The molecule has 1 N–H and O–H groups in total. The standard InChI is InChI=1S/C22H24N.C5H8O2.Ir/c1-14(2)18-12-20(15(3)4)19-9-10-23-22(21(19)13-18)17-8-6-7-16(5)11-17;1-4(6)3-5(2)7;/h6-7,9-15H,1-5H3;3,6H,1-2H3;/q-1;;/b;4-3-;. The molecule has 1 heterocycles. The maximum atomic E-state index is 10.0. The molecule has 0 saturated carbocycles. The van der Waals surface area contributed by atoms with Crippen LogP contribution in [-0.4, -0.2) is 15.9 Å². The summed E-state index contributed by atoms with van der Waals surface area (Å²) in [6, 6.07) is 16.4. The molecular formula is C27H32IrNO2-. The number of rotatable bonds is 4. The SMILES string of the molecule is CC(=O)/C=C(/C)O.Cc1cc[c-]c(-c2nccc3c(C(C)C)cc(C(C)C)cc23)c1.[Ir]. The molecule has 0 aliphatic heterocycles. The van der Waals surface area contributed by atoms with Gasteiger partial charge in [0.2, 0.25) is 0 Å². The average Bonchev–Trinajstić information content (AvgIpc) is 2.65. The van der Waals surface area contributed by atoms with Gasteiger partial charge in [-0.25, -0.2) is 0 Å². The number of carbonyl (C=O) groups excluding carboxylic acids is 1. The first kappa shape index (κ1) is 26.7. The number of carbonyl (C=O) groups is 1. The summed E-state index contributed by atoms with van der Waals surface area (Å²) < 4.78 is 0. The zero-order valence-electron chi connectivity index (χ0n) is 19.4. The number of fused-ring (bicyclic) bond motifs is 1. The van der Waals surface area contributed by atoms with E-state index in [1.807, 2.05) is 12.3 Å². The van der Waals surface area contributed by atoms with Crippen molar-refractivity contribution < 1.29 is 30.0 Å². The molecule has 2 aromatic carbocycles. The van der Waals surface area contributed by atoms with E-state index in [1.54, 1.807) is 0 Å². The van der Waals surface area contributed by atoms with Gasteiger partial charge in [-0.2, -0.15) is 0 Å². The zero-order valence-corrected chi connectivity index (χ0v) is 21.8. The molecule has 1 radical (unpaired) electrons. The number of aliphatic hydroxyl groups is 1. The van der Waals surface area contributed by atoms with Gasteiger partial charge in [-0.05, 0) is 59.3 Å². The Hall–Kier alpha value is -2.29. The van der Waals surface area contributed by atoms with Crippen molar-refractivity contribution in [2.45, 2.75) is 60.3 Å². The summed E-state index contributed by atoms with van der Waals surface area (Å²) in [4.78, 5) is 14.7. The molecule has 167 valence electrons. The number of allylic oxidation sites excluding steroid dienone is 2. The second-order valence-corrected chi connectivity index (χ2v) is 8.35. The number of aromatic nitrogens is 1. The van der Waals surface area contributed by atoms with E-state index in [4.69, 9.17) is 5.11 Å². The number of aryl methyl sites for hydroxylation is 1. The molecule has 31 heavy (non-hydrogen) atoms. The van der Waals surface area contributed by atoms with Crippen LogP contribution < -0.4 is 0 Å². The van der Waals surface area contributed by atoms with Crippen LogP contribution in [0, 0.1) is 13.0 Å². The molecule has 0 fully saturated rings. The first-order valence-corrected chi connectivity index (χ1v) is 10.4. The van der Waals surface area contributed by atoms with Crippen LogP contribution in [0.2, 0.25) is 0 Å². The Labute approximate surface area is 200 Å². The van der Waals surface area contributed by atoms with Crippen molar-refractivity contribution in [1.29, 1.82) is 0 Å². The third kappa shape index (κ3) is 7.41. The van der Waals surface area contributed by atoms with Gasteiger partial charge in [0.25, 0.3) is 0 Å². The molecule has 0 atom stereocenters. The topological polar surface area (TPSA) is 50.2 Å². The van der Waals surface area contributed by atoms with Crippen LogP contribution in [0.25, 0.3) is 22.0 Å². The van der Waals surface area contributed by atoms with E-state index in [-0.39, 0.29) is 31.6 Å². The monoisotopic (exact) mass is 595 g/mol. The van der Waals surface area contributed by atoms with Gasteiger partial charge in [0.1, 0.15) is 0 Å². The van der Waals surface area contributed by atoms with Gasteiger partial charge in [0.15, 0.2) is 5.78 Å². The predicted octanol–water partition coefficient (Wildman–Crippen LogP) is 7.29. The summed E-state index contributed by atoms with van der Waals surface area (Å²) in [7, 11) is 0. The summed E-state index contributed by atoms with van der Waals surface area (Å²) in [6.07, 6.45) is 3.09. The van der Waals surface area contributed by atoms with Crippen LogP contribution in [0.15, 0.2) is 54.4 Å². The van der Waals surface area contributed by atoms with E-state index < -0.39 is 0 Å². The number of aliphatic hydroxyl groups excluding tert-OH is 1. The van der Waals surface area contributed by atoms with Gasteiger partial charge >= 0.3 is 0 Å². The Balaban J connectivity index is 0.000000523. The molecule has 0 aliphatic carbocycles. The number of nitrogens with zero attached hydrogens (tertiary/aromatic N) is 1. The molecule has 3 aromatic rings. The van der Waals surface area contributed by atoms with Crippen molar-refractivity contribution in [1.82, 2.24) is 4.98 Å². The molecule has 1 aromatic heterocycles. The first-order valence-electron chi connectivity index (χ1n) is 10.4. The van der Waals surface area contributed by atoms with E-state index in [9.17, 15) is 4.79 Å². The van der Waals surface area contributed by atoms with Crippen LogP contribution >= 0.6 is 0 Å². The number of hydrogen-bond donors (Lipinski definition) is 1. The van der Waals surface area contributed by atoms with Crippen LogP contribution in [0.3, 0.4) is 0 Å². The first-order chi connectivity index (χ1) is 14.1. The van der Waals surface area contributed by atoms with Gasteiger partial charge < -0.3 is 10.1 Å².